The van der Waals surface area contributed by atoms with Gasteiger partial charge in [0.1, 0.15) is 0 Å². The summed E-state index contributed by atoms with van der Waals surface area (Å²) in [6, 6.07) is 4.83. The number of carbonyl (C=O) groups is 4. The lowest BCUT2D eigenvalue weighted by atomic mass is 10.0. The Morgan fingerprint density at radius 3 is 2.58 bits per heavy atom. The monoisotopic (exact) mass is 362 g/mol. The average Bonchev–Trinajstić information content (AvgIpc) is 2.62. The second-order valence-corrected chi connectivity index (χ2v) is 5.90. The van der Waals surface area contributed by atoms with Crippen molar-refractivity contribution < 1.29 is 19.2 Å². The maximum absolute atomic E-state index is 12.8. The van der Waals surface area contributed by atoms with E-state index < -0.39 is 17.9 Å². The van der Waals surface area contributed by atoms with E-state index in [4.69, 9.17) is 0 Å². The van der Waals surface area contributed by atoms with E-state index in [1.807, 2.05) is 25.4 Å². The van der Waals surface area contributed by atoms with Gasteiger partial charge in [0.25, 0.3) is 5.91 Å². The van der Waals surface area contributed by atoms with Gasteiger partial charge in [-0.3, -0.25) is 29.4 Å². The molecule has 0 saturated heterocycles. The number of imide groups is 2. The average molecular weight is 362 g/mol. The molecule has 1 aromatic rings. The molecule has 142 valence electrons. The Morgan fingerprint density at radius 1 is 1.23 bits per heavy atom. The van der Waals surface area contributed by atoms with Gasteiger partial charge >= 0.3 is 0 Å². The molecule has 0 fully saturated rings. The lowest BCUT2D eigenvalue weighted by molar-refractivity contribution is -0.126. The van der Waals surface area contributed by atoms with Gasteiger partial charge in [0.2, 0.25) is 18.7 Å². The summed E-state index contributed by atoms with van der Waals surface area (Å²) in [5.41, 5.74) is 2.01. The summed E-state index contributed by atoms with van der Waals surface area (Å²) in [6.07, 6.45) is 1.10. The topological polar surface area (TPSA) is 108 Å². The van der Waals surface area contributed by atoms with E-state index in [0.29, 0.717) is 24.9 Å². The quantitative estimate of drug-likeness (QED) is 0.394. The van der Waals surface area contributed by atoms with Gasteiger partial charge in [-0.15, -0.1) is 0 Å². The first-order valence-corrected chi connectivity index (χ1v) is 8.45. The first-order chi connectivity index (χ1) is 12.5. The van der Waals surface area contributed by atoms with Crippen molar-refractivity contribution >= 4 is 30.3 Å². The van der Waals surface area contributed by atoms with E-state index in [9.17, 15) is 19.2 Å². The SMILES string of the molecule is CNCCNc1cccc(C(=O)N(C=O)C(C)CCC(=O)NC=O)c1C. The molecule has 0 bridgehead atoms. The Hall–Kier alpha value is -2.74. The van der Waals surface area contributed by atoms with Crippen LogP contribution in [0, 0.1) is 6.92 Å². The van der Waals surface area contributed by atoms with Gasteiger partial charge < -0.3 is 10.6 Å². The number of amides is 4. The number of nitrogens with one attached hydrogen (secondary N) is 3. The molecule has 8 nitrogen and oxygen atoms in total. The zero-order valence-corrected chi connectivity index (χ0v) is 15.4. The molecule has 0 aromatic heterocycles. The van der Waals surface area contributed by atoms with Gasteiger partial charge in [-0.05, 0) is 45.0 Å². The van der Waals surface area contributed by atoms with Crippen LogP contribution in [0.3, 0.4) is 0 Å². The summed E-state index contributed by atoms with van der Waals surface area (Å²) in [5.74, 6) is -0.866. The highest BCUT2D eigenvalue weighted by Gasteiger charge is 2.23. The number of anilines is 1. The Bertz CT molecular complexity index is 648. The van der Waals surface area contributed by atoms with Crippen LogP contribution in [0.2, 0.25) is 0 Å². The number of nitrogens with zero attached hydrogens (tertiary/aromatic N) is 1. The fraction of sp³-hybridized carbons (Fsp3) is 0.444. The molecule has 1 rings (SSSR count). The molecule has 0 aliphatic rings. The molecule has 1 atom stereocenters. The van der Waals surface area contributed by atoms with E-state index in [1.165, 1.54) is 0 Å². The Labute approximate surface area is 153 Å². The lowest BCUT2D eigenvalue weighted by Gasteiger charge is -2.24. The van der Waals surface area contributed by atoms with Crippen LogP contribution < -0.4 is 16.0 Å². The molecule has 26 heavy (non-hydrogen) atoms. The minimum atomic E-state index is -0.474. The van der Waals surface area contributed by atoms with Crippen LogP contribution >= 0.6 is 0 Å². The Balaban J connectivity index is 2.87. The van der Waals surface area contributed by atoms with Crippen molar-refractivity contribution in [1.29, 1.82) is 0 Å². The normalized spacial score (nSPS) is 11.3. The molecule has 1 unspecified atom stereocenters. The maximum Gasteiger partial charge on any atom is 0.260 e. The molecule has 0 radical (unpaired) electrons. The smallest absolute Gasteiger partial charge is 0.260 e. The van der Waals surface area contributed by atoms with E-state index >= 15 is 0 Å². The number of hydrogen-bond donors (Lipinski definition) is 3. The van der Waals surface area contributed by atoms with Gasteiger partial charge in [0.15, 0.2) is 0 Å². The van der Waals surface area contributed by atoms with Gasteiger partial charge in [-0.1, -0.05) is 6.07 Å². The summed E-state index contributed by atoms with van der Waals surface area (Å²) >= 11 is 0. The molecule has 0 aliphatic carbocycles. The minimum absolute atomic E-state index is 0.0438. The van der Waals surface area contributed by atoms with Gasteiger partial charge in [-0.25, -0.2) is 0 Å². The van der Waals surface area contributed by atoms with Crippen molar-refractivity contribution in [2.45, 2.75) is 32.7 Å². The fourth-order valence-corrected chi connectivity index (χ4v) is 2.49. The zero-order chi connectivity index (χ0) is 19.5. The highest BCUT2D eigenvalue weighted by atomic mass is 16.2. The summed E-state index contributed by atoms with van der Waals surface area (Å²) in [7, 11) is 1.85. The van der Waals surface area contributed by atoms with E-state index in [0.717, 1.165) is 22.7 Å². The molecule has 0 heterocycles. The van der Waals surface area contributed by atoms with Crippen LogP contribution in [0.4, 0.5) is 5.69 Å². The predicted molar refractivity (Wildman–Crippen MR) is 98.7 cm³/mol. The molecule has 0 aliphatic heterocycles. The fourth-order valence-electron chi connectivity index (χ4n) is 2.49. The summed E-state index contributed by atoms with van der Waals surface area (Å²) in [6.45, 7) is 4.98. The standard InChI is InChI=1S/C18H26N4O4/c1-13(7-8-17(25)21-11-23)22(12-24)18(26)15-5-4-6-16(14(15)2)20-10-9-19-3/h4-6,11-13,19-20H,7-10H2,1-3H3,(H,21,23,25). The zero-order valence-electron chi connectivity index (χ0n) is 15.4. The van der Waals surface area contributed by atoms with Crippen molar-refractivity contribution in [2.75, 3.05) is 25.5 Å². The van der Waals surface area contributed by atoms with Crippen LogP contribution in [-0.2, 0) is 14.4 Å². The largest absolute Gasteiger partial charge is 0.384 e. The third-order valence-corrected chi connectivity index (χ3v) is 4.09. The molecule has 0 saturated carbocycles. The van der Waals surface area contributed by atoms with Gasteiger partial charge in [0, 0.05) is 36.8 Å². The van der Waals surface area contributed by atoms with Crippen LogP contribution in [0.25, 0.3) is 0 Å². The molecular formula is C18H26N4O4. The third kappa shape index (κ3) is 5.96. The number of carbonyl (C=O) groups excluding carboxylic acids is 4. The molecule has 1 aromatic carbocycles. The summed E-state index contributed by atoms with van der Waals surface area (Å²) < 4.78 is 0. The molecule has 0 spiro atoms. The lowest BCUT2D eigenvalue weighted by Crippen LogP contribution is -2.38. The summed E-state index contributed by atoms with van der Waals surface area (Å²) in [5, 5.41) is 8.31. The van der Waals surface area contributed by atoms with Crippen molar-refractivity contribution in [3.05, 3.63) is 29.3 Å². The van der Waals surface area contributed by atoms with Gasteiger partial charge in [0.05, 0.1) is 0 Å². The van der Waals surface area contributed by atoms with E-state index in [2.05, 4.69) is 10.6 Å². The predicted octanol–water partition coefficient (Wildman–Crippen LogP) is 0.666. The summed E-state index contributed by atoms with van der Waals surface area (Å²) in [4.78, 5) is 46.9. The van der Waals surface area contributed by atoms with Crippen LogP contribution in [0.15, 0.2) is 18.2 Å². The van der Waals surface area contributed by atoms with E-state index in [1.54, 1.807) is 19.1 Å². The third-order valence-electron chi connectivity index (χ3n) is 4.09. The van der Waals surface area contributed by atoms with Crippen LogP contribution in [0.5, 0.6) is 0 Å². The van der Waals surface area contributed by atoms with Crippen LogP contribution in [0.1, 0.15) is 35.7 Å². The molecular weight excluding hydrogens is 336 g/mol. The van der Waals surface area contributed by atoms with Crippen molar-refractivity contribution in [1.82, 2.24) is 15.5 Å². The number of benzene rings is 1. The van der Waals surface area contributed by atoms with Crippen molar-refractivity contribution in [3.8, 4) is 0 Å². The number of likely N-dealkylation sites (N-methyl/N-ethyl adjacent to an activating group) is 1. The maximum atomic E-state index is 12.8. The second kappa shape index (κ2) is 11.0. The van der Waals surface area contributed by atoms with Crippen molar-refractivity contribution in [2.24, 2.45) is 0 Å². The first-order valence-electron chi connectivity index (χ1n) is 8.45. The van der Waals surface area contributed by atoms with Crippen LogP contribution in [-0.4, -0.2) is 55.7 Å². The second-order valence-electron chi connectivity index (χ2n) is 5.90. The van der Waals surface area contributed by atoms with E-state index in [-0.39, 0.29) is 12.8 Å². The number of rotatable bonds is 11. The highest BCUT2D eigenvalue weighted by Crippen LogP contribution is 2.21. The highest BCUT2D eigenvalue weighted by molar-refractivity contribution is 6.02. The molecule has 3 N–H and O–H groups in total. The number of hydrogen-bond acceptors (Lipinski definition) is 6. The molecule has 8 heteroatoms. The van der Waals surface area contributed by atoms with Gasteiger partial charge in [-0.2, -0.15) is 0 Å². The Kier molecular flexibility index (Phi) is 9.00. The van der Waals surface area contributed by atoms with Crippen molar-refractivity contribution in [3.63, 3.8) is 0 Å². The minimum Gasteiger partial charge on any atom is -0.384 e. The first kappa shape index (κ1) is 21.3. The molecule has 4 amide bonds. The Morgan fingerprint density at radius 2 is 1.96 bits per heavy atom.